The minimum absolute atomic E-state index is 0.187. The van der Waals surface area contributed by atoms with Crippen molar-refractivity contribution in [1.29, 1.82) is 0 Å². The van der Waals surface area contributed by atoms with Crippen LogP contribution in [0.5, 0.6) is 0 Å². The summed E-state index contributed by atoms with van der Waals surface area (Å²) in [5, 5.41) is 7.29. The van der Waals surface area contributed by atoms with Crippen molar-refractivity contribution in [3.63, 3.8) is 0 Å². The molecular weight excluding hydrogens is 481 g/mol. The van der Waals surface area contributed by atoms with Crippen LogP contribution < -0.4 is 5.32 Å². The van der Waals surface area contributed by atoms with Crippen molar-refractivity contribution in [1.82, 2.24) is 19.9 Å². The monoisotopic (exact) mass is 503 g/mol. The molecule has 3 aromatic carbocycles. The normalized spacial score (nSPS) is 15.1. The van der Waals surface area contributed by atoms with E-state index in [1.54, 1.807) is 18.2 Å². The fraction of sp³-hybridized carbons (Fsp3) is 0.100. The zero-order chi connectivity index (χ0) is 26.2. The minimum atomic E-state index is -1.23. The van der Waals surface area contributed by atoms with Crippen LogP contribution >= 0.6 is 0 Å². The van der Waals surface area contributed by atoms with Gasteiger partial charge in [0.2, 0.25) is 0 Å². The Labute approximate surface area is 217 Å². The highest BCUT2D eigenvalue weighted by Gasteiger charge is 2.31. The van der Waals surface area contributed by atoms with E-state index >= 15 is 0 Å². The van der Waals surface area contributed by atoms with Gasteiger partial charge in [-0.2, -0.15) is 5.10 Å². The molecule has 8 heteroatoms. The maximum atomic E-state index is 14.9. The smallest absolute Gasteiger partial charge is 0.274 e. The first kappa shape index (κ1) is 23.4. The first-order chi connectivity index (χ1) is 18.5. The SMILES string of the molecule is Cc1ccc2nc(-c3ccccc3)c(C(=O)N[C@H]3N=C(c4ccccc4)c4cccc(F)c4CC3=O)n2n1. The zero-order valence-corrected chi connectivity index (χ0v) is 20.4. The van der Waals surface area contributed by atoms with Crippen LogP contribution in [0.4, 0.5) is 4.39 Å². The van der Waals surface area contributed by atoms with Gasteiger partial charge in [0.25, 0.3) is 5.91 Å². The number of nitrogens with one attached hydrogen (secondary N) is 1. The lowest BCUT2D eigenvalue weighted by atomic mass is 9.95. The molecule has 0 radical (unpaired) electrons. The van der Waals surface area contributed by atoms with Gasteiger partial charge in [0.1, 0.15) is 11.5 Å². The summed E-state index contributed by atoms with van der Waals surface area (Å²) < 4.78 is 16.3. The minimum Gasteiger partial charge on any atom is -0.323 e. The lowest BCUT2D eigenvalue weighted by Gasteiger charge is -2.14. The number of imidazole rings is 1. The highest BCUT2D eigenvalue weighted by atomic mass is 19.1. The molecule has 6 rings (SSSR count). The van der Waals surface area contributed by atoms with Gasteiger partial charge in [-0.05, 0) is 25.1 Å². The van der Waals surface area contributed by atoms with Crippen molar-refractivity contribution >= 4 is 23.0 Å². The van der Waals surface area contributed by atoms with Crippen molar-refractivity contribution in [2.24, 2.45) is 4.99 Å². The summed E-state index contributed by atoms with van der Waals surface area (Å²) in [6, 6.07) is 26.8. The van der Waals surface area contributed by atoms with Crippen LogP contribution in [0.25, 0.3) is 16.9 Å². The summed E-state index contributed by atoms with van der Waals surface area (Å²) in [5.41, 5.74) is 4.48. The second kappa shape index (κ2) is 9.48. The number of Topliss-reactive ketones (excluding diaryl/α,β-unsaturated/α-hetero) is 1. The van der Waals surface area contributed by atoms with E-state index in [0.29, 0.717) is 33.9 Å². The maximum Gasteiger partial charge on any atom is 0.274 e. The predicted octanol–water partition coefficient (Wildman–Crippen LogP) is 4.56. The Bertz CT molecular complexity index is 1730. The van der Waals surface area contributed by atoms with Gasteiger partial charge in [0.05, 0.1) is 11.4 Å². The number of nitrogens with zero attached hydrogens (tertiary/aromatic N) is 4. The van der Waals surface area contributed by atoms with Gasteiger partial charge >= 0.3 is 0 Å². The highest BCUT2D eigenvalue weighted by molar-refractivity contribution is 6.16. The molecule has 0 saturated heterocycles. The topological polar surface area (TPSA) is 88.7 Å². The molecule has 7 nitrogen and oxygen atoms in total. The van der Waals surface area contributed by atoms with Crippen LogP contribution in [0.3, 0.4) is 0 Å². The third-order valence-corrected chi connectivity index (χ3v) is 6.48. The second-order valence-corrected chi connectivity index (χ2v) is 9.05. The Balaban J connectivity index is 1.46. The van der Waals surface area contributed by atoms with E-state index in [-0.39, 0.29) is 17.7 Å². The molecule has 0 unspecified atom stereocenters. The van der Waals surface area contributed by atoms with Crippen molar-refractivity contribution in [3.05, 3.63) is 125 Å². The number of rotatable bonds is 4. The van der Waals surface area contributed by atoms with E-state index < -0.39 is 23.7 Å². The summed E-state index contributed by atoms with van der Waals surface area (Å²) in [6.45, 7) is 1.82. The van der Waals surface area contributed by atoms with Gasteiger partial charge in [-0.3, -0.25) is 14.6 Å². The standard InChI is InChI=1S/C30H22FN5O2/c1-18-15-16-25-32-27(20-11-6-3-7-12-20)28(36(25)35-18)30(38)34-29-24(37)17-22-21(13-8-14-23(22)31)26(33-29)19-9-4-2-5-10-19/h2-16,29H,17H2,1H3,(H,34,38)/t29-/m1/s1. The molecule has 38 heavy (non-hydrogen) atoms. The lowest BCUT2D eigenvalue weighted by molar-refractivity contribution is -0.120. The number of aryl methyl sites for hydroxylation is 1. The Morgan fingerprint density at radius 2 is 1.63 bits per heavy atom. The number of halogens is 1. The maximum absolute atomic E-state index is 14.9. The molecule has 1 atom stereocenters. The molecule has 0 saturated carbocycles. The van der Waals surface area contributed by atoms with Crippen molar-refractivity contribution in [2.45, 2.75) is 19.5 Å². The fourth-order valence-electron chi connectivity index (χ4n) is 4.66. The summed E-state index contributed by atoms with van der Waals surface area (Å²) in [7, 11) is 0. The fourth-order valence-corrected chi connectivity index (χ4v) is 4.66. The van der Waals surface area contributed by atoms with Crippen LogP contribution in [0, 0.1) is 12.7 Å². The predicted molar refractivity (Wildman–Crippen MR) is 142 cm³/mol. The second-order valence-electron chi connectivity index (χ2n) is 9.05. The zero-order valence-electron chi connectivity index (χ0n) is 20.4. The number of hydrogen-bond donors (Lipinski definition) is 1. The van der Waals surface area contributed by atoms with E-state index in [2.05, 4.69) is 20.4 Å². The molecule has 0 bridgehead atoms. The molecule has 0 aliphatic carbocycles. The van der Waals surface area contributed by atoms with Gasteiger partial charge in [-0.15, -0.1) is 0 Å². The van der Waals surface area contributed by atoms with Gasteiger partial charge in [0, 0.05) is 28.7 Å². The molecular formula is C30H22FN5O2. The van der Waals surface area contributed by atoms with Crippen molar-refractivity contribution in [2.75, 3.05) is 0 Å². The molecule has 2 aromatic heterocycles. The Morgan fingerprint density at radius 1 is 0.921 bits per heavy atom. The van der Waals surface area contributed by atoms with Crippen LogP contribution in [-0.4, -0.2) is 38.2 Å². The molecule has 0 spiro atoms. The lowest BCUT2D eigenvalue weighted by Crippen LogP contribution is -2.41. The van der Waals surface area contributed by atoms with Crippen molar-refractivity contribution < 1.29 is 14.0 Å². The van der Waals surface area contributed by atoms with E-state index in [4.69, 9.17) is 0 Å². The van der Waals surface area contributed by atoms with Crippen LogP contribution in [-0.2, 0) is 11.2 Å². The number of ketones is 1. The Morgan fingerprint density at radius 3 is 2.37 bits per heavy atom. The number of fused-ring (bicyclic) bond motifs is 2. The average Bonchev–Trinajstić information content (AvgIpc) is 3.25. The summed E-state index contributed by atoms with van der Waals surface area (Å²) in [4.78, 5) is 36.5. The summed E-state index contributed by atoms with van der Waals surface area (Å²) >= 11 is 0. The van der Waals surface area contributed by atoms with Gasteiger partial charge in [0.15, 0.2) is 23.3 Å². The van der Waals surface area contributed by atoms with E-state index in [0.717, 1.165) is 5.56 Å². The van der Waals surface area contributed by atoms with Crippen LogP contribution in [0.2, 0.25) is 0 Å². The molecule has 5 aromatic rings. The number of carbonyl (C=O) groups excluding carboxylic acids is 2. The number of amides is 1. The number of aromatic nitrogens is 3. The van der Waals surface area contributed by atoms with Crippen LogP contribution in [0.15, 0.2) is 96.0 Å². The van der Waals surface area contributed by atoms with Crippen LogP contribution in [0.1, 0.15) is 32.9 Å². The first-order valence-corrected chi connectivity index (χ1v) is 12.2. The molecule has 1 amide bonds. The molecule has 1 aliphatic heterocycles. The van der Waals surface area contributed by atoms with E-state index in [9.17, 15) is 14.0 Å². The number of hydrogen-bond acceptors (Lipinski definition) is 5. The van der Waals surface area contributed by atoms with Gasteiger partial charge in [-0.1, -0.05) is 72.8 Å². The molecule has 3 heterocycles. The molecule has 1 N–H and O–H groups in total. The summed E-state index contributed by atoms with van der Waals surface area (Å²) in [6.07, 6.45) is -1.44. The van der Waals surface area contributed by atoms with E-state index in [1.807, 2.05) is 73.7 Å². The number of benzene rings is 3. The van der Waals surface area contributed by atoms with Crippen molar-refractivity contribution in [3.8, 4) is 11.3 Å². The Kier molecular flexibility index (Phi) is 5.84. The number of carbonyl (C=O) groups is 2. The van der Waals surface area contributed by atoms with E-state index in [1.165, 1.54) is 10.6 Å². The quantitative estimate of drug-likeness (QED) is 0.389. The van der Waals surface area contributed by atoms with Gasteiger partial charge in [-0.25, -0.2) is 13.9 Å². The average molecular weight is 504 g/mol. The third kappa shape index (κ3) is 4.16. The summed E-state index contributed by atoms with van der Waals surface area (Å²) in [5.74, 6) is -1.47. The molecule has 0 fully saturated rings. The first-order valence-electron chi connectivity index (χ1n) is 12.2. The molecule has 1 aliphatic rings. The number of aliphatic imine (C=N–C) groups is 1. The Hall–Kier alpha value is -4.98. The third-order valence-electron chi connectivity index (χ3n) is 6.48. The highest BCUT2D eigenvalue weighted by Crippen LogP contribution is 2.26. The largest absolute Gasteiger partial charge is 0.323 e. The molecule has 186 valence electrons. The van der Waals surface area contributed by atoms with Gasteiger partial charge < -0.3 is 5.32 Å².